The van der Waals surface area contributed by atoms with E-state index >= 15 is 0 Å². The van der Waals surface area contributed by atoms with E-state index in [4.69, 9.17) is 0 Å². The molecule has 0 bridgehead atoms. The van der Waals surface area contributed by atoms with Crippen LogP contribution in [0.4, 0.5) is 4.79 Å². The van der Waals surface area contributed by atoms with Gasteiger partial charge in [0.15, 0.2) is 0 Å². The van der Waals surface area contributed by atoms with Crippen LogP contribution in [0.5, 0.6) is 0 Å². The van der Waals surface area contributed by atoms with Crippen molar-refractivity contribution < 1.29 is 9.90 Å². The van der Waals surface area contributed by atoms with E-state index in [1.54, 1.807) is 4.90 Å². The van der Waals surface area contributed by atoms with Gasteiger partial charge in [-0.25, -0.2) is 0 Å². The minimum atomic E-state index is -0.662. The second-order valence-electron chi connectivity index (χ2n) is 4.21. The van der Waals surface area contributed by atoms with Gasteiger partial charge < -0.3 is 10.0 Å². The van der Waals surface area contributed by atoms with Crippen LogP contribution in [-0.2, 0) is 0 Å². The second-order valence-corrected chi connectivity index (χ2v) is 5.81. The molecule has 86 valence electrons. The van der Waals surface area contributed by atoms with E-state index < -0.39 is 6.23 Å². The van der Waals surface area contributed by atoms with Crippen molar-refractivity contribution in [2.24, 2.45) is 0 Å². The number of thioether (sulfide) groups is 1. The highest BCUT2D eigenvalue weighted by atomic mass is 32.2. The summed E-state index contributed by atoms with van der Waals surface area (Å²) in [7, 11) is 0. The van der Waals surface area contributed by atoms with Crippen molar-refractivity contribution >= 4 is 17.0 Å². The highest BCUT2D eigenvalue weighted by Gasteiger charge is 2.45. The molecule has 0 aliphatic carbocycles. The van der Waals surface area contributed by atoms with Gasteiger partial charge in [0.25, 0.3) is 5.24 Å². The number of nitrogens with zero attached hydrogens (tertiary/aromatic N) is 1. The number of aliphatic hydroxyl groups excluding tert-OH is 1. The fourth-order valence-corrected chi connectivity index (χ4v) is 2.51. The van der Waals surface area contributed by atoms with Crippen molar-refractivity contribution in [2.45, 2.75) is 44.6 Å². The van der Waals surface area contributed by atoms with Crippen LogP contribution in [0.2, 0.25) is 0 Å². The Hall–Kier alpha value is -0.480. The normalized spacial score (nSPS) is 25.5. The predicted molar refractivity (Wildman–Crippen MR) is 63.8 cm³/mol. The summed E-state index contributed by atoms with van der Waals surface area (Å²) in [4.78, 5) is 13.1. The van der Waals surface area contributed by atoms with Crippen LogP contribution in [0.25, 0.3) is 0 Å². The van der Waals surface area contributed by atoms with Gasteiger partial charge in [0.1, 0.15) is 6.23 Å². The fourth-order valence-electron chi connectivity index (χ4n) is 1.52. The molecule has 1 saturated heterocycles. The molecule has 1 heterocycles. The van der Waals surface area contributed by atoms with Crippen LogP contribution >= 0.6 is 11.8 Å². The Balaban J connectivity index is 2.48. The van der Waals surface area contributed by atoms with Gasteiger partial charge >= 0.3 is 0 Å². The molecule has 0 aromatic rings. The maximum absolute atomic E-state index is 11.6. The lowest BCUT2D eigenvalue weighted by molar-refractivity contribution is 0.0270. The number of rotatable bonds is 4. The highest BCUT2D eigenvalue weighted by molar-refractivity contribution is 8.15. The third kappa shape index (κ3) is 2.98. The Bertz CT molecular complexity index is 263. The minimum absolute atomic E-state index is 0.0163. The maximum Gasteiger partial charge on any atom is 0.284 e. The van der Waals surface area contributed by atoms with Crippen LogP contribution in [0.3, 0.4) is 0 Å². The first kappa shape index (κ1) is 12.6. The third-order valence-electron chi connectivity index (χ3n) is 2.44. The molecule has 1 fully saturated rings. The molecule has 1 N–H and O–H groups in total. The molecule has 1 amide bonds. The van der Waals surface area contributed by atoms with Crippen molar-refractivity contribution in [3.63, 3.8) is 0 Å². The summed E-state index contributed by atoms with van der Waals surface area (Å²) in [6.07, 6.45) is 5.29. The zero-order valence-corrected chi connectivity index (χ0v) is 10.4. The van der Waals surface area contributed by atoms with E-state index in [-0.39, 0.29) is 9.99 Å². The number of hydrogen-bond acceptors (Lipinski definition) is 3. The van der Waals surface area contributed by atoms with E-state index in [2.05, 4.69) is 19.1 Å². The molecule has 0 spiro atoms. The molecule has 1 unspecified atom stereocenters. The largest absolute Gasteiger partial charge is 0.372 e. The first-order valence-electron chi connectivity index (χ1n) is 5.31. The molecule has 0 radical (unpaired) electrons. The van der Waals surface area contributed by atoms with Crippen LogP contribution < -0.4 is 0 Å². The number of carbonyl (C=O) groups is 1. The molecule has 1 atom stereocenters. The van der Waals surface area contributed by atoms with Gasteiger partial charge in [-0.1, -0.05) is 30.8 Å². The Morgan fingerprint density at radius 1 is 1.53 bits per heavy atom. The molecule has 1 aliphatic rings. The smallest absolute Gasteiger partial charge is 0.284 e. The zero-order valence-electron chi connectivity index (χ0n) is 9.56. The Morgan fingerprint density at radius 3 is 2.67 bits per heavy atom. The second kappa shape index (κ2) is 5.03. The fraction of sp³-hybridized carbons (Fsp3) is 0.727. The van der Waals surface area contributed by atoms with Crippen molar-refractivity contribution in [3.05, 3.63) is 12.2 Å². The molecule has 0 aromatic carbocycles. The molecule has 1 aliphatic heterocycles. The molecule has 0 aromatic heterocycles. The summed E-state index contributed by atoms with van der Waals surface area (Å²) in [6.45, 7) is 6.46. The molecule has 3 nitrogen and oxygen atoms in total. The third-order valence-corrected chi connectivity index (χ3v) is 3.59. The van der Waals surface area contributed by atoms with E-state index in [9.17, 15) is 9.90 Å². The first-order chi connectivity index (χ1) is 6.99. The summed E-state index contributed by atoms with van der Waals surface area (Å²) in [5.41, 5.74) is 0. The lowest BCUT2D eigenvalue weighted by atomic mass is 10.1. The lowest BCUT2D eigenvalue weighted by Gasteiger charge is -2.25. The van der Waals surface area contributed by atoms with E-state index in [1.807, 2.05) is 13.8 Å². The minimum Gasteiger partial charge on any atom is -0.372 e. The standard InChI is InChI=1S/C11H19NO2S/c1-4-5-6-7-8-12-9(13)11(2,3)15-10(12)14/h5-6,9,13H,4,7-8H2,1-3H3. The summed E-state index contributed by atoms with van der Waals surface area (Å²) < 4.78 is -0.383. The molecular weight excluding hydrogens is 210 g/mol. The van der Waals surface area contributed by atoms with Gasteiger partial charge in [0.05, 0.1) is 4.75 Å². The van der Waals surface area contributed by atoms with Crippen LogP contribution in [0.15, 0.2) is 12.2 Å². The quantitative estimate of drug-likeness (QED) is 0.753. The van der Waals surface area contributed by atoms with Gasteiger partial charge in [-0.2, -0.15) is 0 Å². The average molecular weight is 229 g/mol. The Morgan fingerprint density at radius 2 is 2.20 bits per heavy atom. The molecule has 15 heavy (non-hydrogen) atoms. The van der Waals surface area contributed by atoms with E-state index in [0.29, 0.717) is 6.54 Å². The number of carbonyl (C=O) groups excluding carboxylic acids is 1. The topological polar surface area (TPSA) is 40.5 Å². The summed E-state index contributed by atoms with van der Waals surface area (Å²) in [5.74, 6) is 0. The molecule has 0 saturated carbocycles. The lowest BCUT2D eigenvalue weighted by Crippen LogP contribution is -2.41. The van der Waals surface area contributed by atoms with Gasteiger partial charge in [-0.05, 0) is 26.7 Å². The van der Waals surface area contributed by atoms with Gasteiger partial charge in [-0.15, -0.1) is 0 Å². The van der Waals surface area contributed by atoms with Crippen LogP contribution in [0, 0.1) is 0 Å². The molecular formula is C11H19NO2S. The van der Waals surface area contributed by atoms with E-state index in [1.165, 1.54) is 11.8 Å². The number of hydrogen-bond donors (Lipinski definition) is 1. The first-order valence-corrected chi connectivity index (χ1v) is 6.13. The van der Waals surface area contributed by atoms with Crippen LogP contribution in [-0.4, -0.2) is 32.8 Å². The molecule has 4 heteroatoms. The summed E-state index contributed by atoms with van der Waals surface area (Å²) in [6, 6.07) is 0. The highest BCUT2D eigenvalue weighted by Crippen LogP contribution is 2.39. The number of allylic oxidation sites excluding steroid dienone is 1. The Kier molecular flexibility index (Phi) is 4.22. The van der Waals surface area contributed by atoms with Gasteiger partial charge in [-0.3, -0.25) is 4.79 Å². The monoisotopic (exact) mass is 229 g/mol. The van der Waals surface area contributed by atoms with Crippen molar-refractivity contribution in [3.8, 4) is 0 Å². The summed E-state index contributed by atoms with van der Waals surface area (Å²) >= 11 is 1.22. The summed E-state index contributed by atoms with van der Waals surface area (Å²) in [5, 5.41) is 9.89. The van der Waals surface area contributed by atoms with E-state index in [0.717, 1.165) is 12.8 Å². The maximum atomic E-state index is 11.6. The van der Waals surface area contributed by atoms with Crippen LogP contribution in [0.1, 0.15) is 33.6 Å². The predicted octanol–water partition coefficient (Wildman–Crippen LogP) is 2.61. The van der Waals surface area contributed by atoms with Crippen molar-refractivity contribution in [2.75, 3.05) is 6.54 Å². The van der Waals surface area contributed by atoms with Crippen molar-refractivity contribution in [1.29, 1.82) is 0 Å². The Labute approximate surface area is 95.5 Å². The number of amides is 1. The number of aliphatic hydroxyl groups is 1. The van der Waals surface area contributed by atoms with Gasteiger partial charge in [0.2, 0.25) is 0 Å². The van der Waals surface area contributed by atoms with Gasteiger partial charge in [0, 0.05) is 6.54 Å². The van der Waals surface area contributed by atoms with Crippen molar-refractivity contribution in [1.82, 2.24) is 4.90 Å². The average Bonchev–Trinajstić information content (AvgIpc) is 2.33. The SMILES string of the molecule is CCC=CCCN1C(=O)SC(C)(C)C1O. The zero-order chi connectivity index (χ0) is 11.5. The molecule has 1 rings (SSSR count).